The normalized spacial score (nSPS) is 16.8. The lowest BCUT2D eigenvalue weighted by Gasteiger charge is -2.12. The average molecular weight is 216 g/mol. The van der Waals surface area contributed by atoms with Gasteiger partial charge in [0.25, 0.3) is 0 Å². The molecule has 1 aromatic carbocycles. The number of benzene rings is 1. The van der Waals surface area contributed by atoms with Crippen LogP contribution in [0.3, 0.4) is 0 Å². The highest BCUT2D eigenvalue weighted by molar-refractivity contribution is 5.31. The molecule has 1 fully saturated rings. The first kappa shape index (κ1) is 11.1. The number of aliphatic hydroxyl groups is 1. The molecule has 2 N–H and O–H groups in total. The van der Waals surface area contributed by atoms with E-state index in [0.717, 1.165) is 25.9 Å². The van der Waals surface area contributed by atoms with Crippen molar-refractivity contribution in [3.05, 3.63) is 35.4 Å². The first-order chi connectivity index (χ1) is 7.78. The monoisotopic (exact) mass is 216 g/mol. The number of nitriles is 1. The van der Waals surface area contributed by atoms with E-state index in [1.54, 1.807) is 0 Å². The summed E-state index contributed by atoms with van der Waals surface area (Å²) in [6.07, 6.45) is 2.26. The zero-order chi connectivity index (χ0) is 11.4. The second-order valence-corrected chi connectivity index (χ2v) is 4.57. The van der Waals surface area contributed by atoms with Crippen LogP contribution < -0.4 is 5.32 Å². The fourth-order valence-electron chi connectivity index (χ4n) is 1.74. The molecule has 1 aliphatic rings. The molecular formula is C13H16N2O. The van der Waals surface area contributed by atoms with Crippen molar-refractivity contribution in [1.29, 1.82) is 5.26 Å². The largest absolute Gasteiger partial charge is 0.396 e. The maximum Gasteiger partial charge on any atom is 0.0991 e. The van der Waals surface area contributed by atoms with Gasteiger partial charge in [0.15, 0.2) is 0 Å². The topological polar surface area (TPSA) is 56.0 Å². The first-order valence-corrected chi connectivity index (χ1v) is 5.59. The van der Waals surface area contributed by atoms with Gasteiger partial charge in [-0.05, 0) is 30.5 Å². The smallest absolute Gasteiger partial charge is 0.0991 e. The van der Waals surface area contributed by atoms with Gasteiger partial charge in [-0.3, -0.25) is 0 Å². The Morgan fingerprint density at radius 1 is 1.31 bits per heavy atom. The summed E-state index contributed by atoms with van der Waals surface area (Å²) in [7, 11) is 0. The SMILES string of the molecule is N#Cc1ccc(CNCC2(CO)CC2)cc1. The van der Waals surface area contributed by atoms with E-state index >= 15 is 0 Å². The first-order valence-electron chi connectivity index (χ1n) is 5.59. The highest BCUT2D eigenvalue weighted by atomic mass is 16.3. The van der Waals surface area contributed by atoms with E-state index < -0.39 is 0 Å². The Hall–Kier alpha value is -1.37. The summed E-state index contributed by atoms with van der Waals surface area (Å²) < 4.78 is 0. The molecule has 0 spiro atoms. The highest BCUT2D eigenvalue weighted by Crippen LogP contribution is 2.44. The van der Waals surface area contributed by atoms with Crippen molar-refractivity contribution in [2.75, 3.05) is 13.2 Å². The number of nitrogens with one attached hydrogen (secondary N) is 1. The van der Waals surface area contributed by atoms with Crippen molar-refractivity contribution in [3.8, 4) is 6.07 Å². The van der Waals surface area contributed by atoms with Gasteiger partial charge in [-0.15, -0.1) is 0 Å². The molecule has 16 heavy (non-hydrogen) atoms. The molecule has 1 saturated carbocycles. The van der Waals surface area contributed by atoms with Gasteiger partial charge in [-0.25, -0.2) is 0 Å². The van der Waals surface area contributed by atoms with Crippen LogP contribution in [0.25, 0.3) is 0 Å². The zero-order valence-electron chi connectivity index (χ0n) is 9.24. The second kappa shape index (κ2) is 4.65. The van der Waals surface area contributed by atoms with E-state index in [-0.39, 0.29) is 12.0 Å². The van der Waals surface area contributed by atoms with Crippen molar-refractivity contribution < 1.29 is 5.11 Å². The Kier molecular flexibility index (Phi) is 3.23. The van der Waals surface area contributed by atoms with E-state index in [1.165, 1.54) is 5.56 Å². The van der Waals surface area contributed by atoms with Crippen molar-refractivity contribution in [2.24, 2.45) is 5.41 Å². The predicted octanol–water partition coefficient (Wildman–Crippen LogP) is 1.42. The third kappa shape index (κ3) is 2.60. The summed E-state index contributed by atoms with van der Waals surface area (Å²) in [6.45, 7) is 1.96. The summed E-state index contributed by atoms with van der Waals surface area (Å²) >= 11 is 0. The Bertz CT molecular complexity index is 387. The lowest BCUT2D eigenvalue weighted by molar-refractivity contribution is 0.207. The number of nitrogens with zero attached hydrogens (tertiary/aromatic N) is 1. The third-order valence-corrected chi connectivity index (χ3v) is 3.20. The minimum Gasteiger partial charge on any atom is -0.396 e. The number of aliphatic hydroxyl groups excluding tert-OH is 1. The van der Waals surface area contributed by atoms with Crippen LogP contribution in [0.4, 0.5) is 0 Å². The molecule has 0 bridgehead atoms. The van der Waals surface area contributed by atoms with E-state index in [4.69, 9.17) is 10.4 Å². The molecule has 1 aliphatic carbocycles. The van der Waals surface area contributed by atoms with Crippen LogP contribution in [0.2, 0.25) is 0 Å². The van der Waals surface area contributed by atoms with Gasteiger partial charge >= 0.3 is 0 Å². The van der Waals surface area contributed by atoms with E-state index in [2.05, 4.69) is 11.4 Å². The minimum absolute atomic E-state index is 0.159. The molecule has 0 unspecified atom stereocenters. The molecule has 0 radical (unpaired) electrons. The Morgan fingerprint density at radius 3 is 2.50 bits per heavy atom. The van der Waals surface area contributed by atoms with Gasteiger partial charge in [-0.1, -0.05) is 12.1 Å². The standard InChI is InChI=1S/C13H16N2O/c14-7-11-1-3-12(4-2-11)8-15-9-13(10-16)5-6-13/h1-4,15-16H,5-6,8-10H2. The molecular weight excluding hydrogens is 200 g/mol. The summed E-state index contributed by atoms with van der Waals surface area (Å²) in [5, 5.41) is 21.2. The lowest BCUT2D eigenvalue weighted by atomic mass is 10.1. The molecule has 3 heteroatoms. The fraction of sp³-hybridized carbons (Fsp3) is 0.462. The maximum atomic E-state index is 9.15. The Labute approximate surface area is 95.7 Å². The molecule has 84 valence electrons. The molecule has 0 amide bonds. The molecule has 0 saturated heterocycles. The molecule has 0 heterocycles. The molecule has 3 nitrogen and oxygen atoms in total. The Balaban J connectivity index is 1.79. The maximum absolute atomic E-state index is 9.15. The van der Waals surface area contributed by atoms with Crippen LogP contribution in [0.1, 0.15) is 24.0 Å². The summed E-state index contributed by atoms with van der Waals surface area (Å²) in [6, 6.07) is 9.68. The van der Waals surface area contributed by atoms with Crippen molar-refractivity contribution in [3.63, 3.8) is 0 Å². The van der Waals surface area contributed by atoms with Gasteiger partial charge in [0.2, 0.25) is 0 Å². The van der Waals surface area contributed by atoms with Gasteiger partial charge in [-0.2, -0.15) is 5.26 Å². The van der Waals surface area contributed by atoms with Gasteiger partial charge < -0.3 is 10.4 Å². The van der Waals surface area contributed by atoms with E-state index in [0.29, 0.717) is 5.56 Å². The quantitative estimate of drug-likeness (QED) is 0.782. The summed E-state index contributed by atoms with van der Waals surface area (Å²) in [5.74, 6) is 0. The van der Waals surface area contributed by atoms with Crippen LogP contribution in [-0.2, 0) is 6.54 Å². The van der Waals surface area contributed by atoms with Crippen LogP contribution in [0.5, 0.6) is 0 Å². The van der Waals surface area contributed by atoms with E-state index in [9.17, 15) is 0 Å². The van der Waals surface area contributed by atoms with E-state index in [1.807, 2.05) is 24.3 Å². The fourth-order valence-corrected chi connectivity index (χ4v) is 1.74. The molecule has 0 aliphatic heterocycles. The number of hydrogen-bond donors (Lipinski definition) is 2. The lowest BCUT2D eigenvalue weighted by Crippen LogP contribution is -2.26. The number of rotatable bonds is 5. The van der Waals surface area contributed by atoms with Gasteiger partial charge in [0, 0.05) is 25.1 Å². The predicted molar refractivity (Wildman–Crippen MR) is 61.6 cm³/mol. The van der Waals surface area contributed by atoms with Gasteiger partial charge in [0.05, 0.1) is 11.6 Å². The van der Waals surface area contributed by atoms with Gasteiger partial charge in [0.1, 0.15) is 0 Å². The average Bonchev–Trinajstić information content (AvgIpc) is 3.11. The van der Waals surface area contributed by atoms with Crippen molar-refractivity contribution in [2.45, 2.75) is 19.4 Å². The van der Waals surface area contributed by atoms with Crippen LogP contribution in [-0.4, -0.2) is 18.3 Å². The number of hydrogen-bond acceptors (Lipinski definition) is 3. The third-order valence-electron chi connectivity index (χ3n) is 3.20. The molecule has 1 aromatic rings. The summed E-state index contributed by atoms with van der Waals surface area (Å²) in [5.41, 5.74) is 2.03. The van der Waals surface area contributed by atoms with Crippen molar-refractivity contribution >= 4 is 0 Å². The molecule has 0 atom stereocenters. The van der Waals surface area contributed by atoms with Crippen LogP contribution >= 0.6 is 0 Å². The Morgan fingerprint density at radius 2 is 2.00 bits per heavy atom. The summed E-state index contributed by atoms with van der Waals surface area (Å²) in [4.78, 5) is 0. The minimum atomic E-state index is 0.159. The highest BCUT2D eigenvalue weighted by Gasteiger charge is 2.41. The second-order valence-electron chi connectivity index (χ2n) is 4.57. The molecule has 0 aromatic heterocycles. The zero-order valence-corrected chi connectivity index (χ0v) is 9.24. The molecule has 2 rings (SSSR count). The van der Waals surface area contributed by atoms with Crippen molar-refractivity contribution in [1.82, 2.24) is 5.32 Å². The van der Waals surface area contributed by atoms with Crippen LogP contribution in [0.15, 0.2) is 24.3 Å². The van der Waals surface area contributed by atoms with Crippen LogP contribution in [0, 0.1) is 16.7 Å².